The molecular formula is C14H10ClF2NO2. The molecular weight excluding hydrogens is 288 g/mol. The van der Waals surface area contributed by atoms with Crippen molar-refractivity contribution in [3.63, 3.8) is 0 Å². The van der Waals surface area contributed by atoms with E-state index in [0.717, 1.165) is 12.1 Å². The van der Waals surface area contributed by atoms with Gasteiger partial charge in [0.25, 0.3) is 5.91 Å². The SMILES string of the molecule is O=C(Nc1ccccc1CO)c1cc(F)c(F)cc1Cl. The summed E-state index contributed by atoms with van der Waals surface area (Å²) in [6.07, 6.45) is 0. The van der Waals surface area contributed by atoms with Crippen LogP contribution < -0.4 is 5.32 Å². The molecule has 0 spiro atoms. The lowest BCUT2D eigenvalue weighted by molar-refractivity contribution is 0.102. The highest BCUT2D eigenvalue weighted by molar-refractivity contribution is 6.34. The first kappa shape index (κ1) is 14.4. The van der Waals surface area contributed by atoms with Crippen LogP contribution in [0.3, 0.4) is 0 Å². The van der Waals surface area contributed by atoms with Crippen LogP contribution in [0.25, 0.3) is 0 Å². The molecule has 0 unspecified atom stereocenters. The highest BCUT2D eigenvalue weighted by Crippen LogP contribution is 2.22. The highest BCUT2D eigenvalue weighted by atomic mass is 35.5. The number of anilines is 1. The molecule has 0 saturated heterocycles. The minimum absolute atomic E-state index is 0.182. The van der Waals surface area contributed by atoms with Crippen LogP contribution in [0.15, 0.2) is 36.4 Å². The lowest BCUT2D eigenvalue weighted by atomic mass is 10.1. The van der Waals surface area contributed by atoms with Crippen molar-refractivity contribution in [1.29, 1.82) is 0 Å². The fourth-order valence-electron chi connectivity index (χ4n) is 1.67. The summed E-state index contributed by atoms with van der Waals surface area (Å²) in [6, 6.07) is 8.05. The van der Waals surface area contributed by atoms with Crippen LogP contribution in [-0.4, -0.2) is 11.0 Å². The van der Waals surface area contributed by atoms with Gasteiger partial charge < -0.3 is 10.4 Å². The molecule has 2 aromatic rings. The number of benzene rings is 2. The maximum atomic E-state index is 13.2. The monoisotopic (exact) mass is 297 g/mol. The van der Waals surface area contributed by atoms with Gasteiger partial charge in [0.2, 0.25) is 0 Å². The number of rotatable bonds is 3. The zero-order chi connectivity index (χ0) is 14.7. The van der Waals surface area contributed by atoms with Crippen LogP contribution in [0.1, 0.15) is 15.9 Å². The normalized spacial score (nSPS) is 10.4. The van der Waals surface area contributed by atoms with Crippen LogP contribution in [0.5, 0.6) is 0 Å². The molecule has 0 saturated carbocycles. The molecule has 0 fully saturated rings. The fourth-order valence-corrected chi connectivity index (χ4v) is 1.90. The van der Waals surface area contributed by atoms with E-state index in [1.54, 1.807) is 24.3 Å². The smallest absolute Gasteiger partial charge is 0.257 e. The average Bonchev–Trinajstić information content (AvgIpc) is 2.43. The number of nitrogens with one attached hydrogen (secondary N) is 1. The van der Waals surface area contributed by atoms with Crippen molar-refractivity contribution in [3.05, 3.63) is 64.2 Å². The zero-order valence-electron chi connectivity index (χ0n) is 10.2. The molecule has 3 nitrogen and oxygen atoms in total. The fraction of sp³-hybridized carbons (Fsp3) is 0.0714. The summed E-state index contributed by atoms with van der Waals surface area (Å²) in [6.45, 7) is -0.262. The highest BCUT2D eigenvalue weighted by Gasteiger charge is 2.16. The van der Waals surface area contributed by atoms with E-state index in [1.165, 1.54) is 0 Å². The number of hydrogen-bond acceptors (Lipinski definition) is 2. The van der Waals surface area contributed by atoms with Crippen LogP contribution in [0.4, 0.5) is 14.5 Å². The number of halogens is 3. The Labute approximate surface area is 118 Å². The zero-order valence-corrected chi connectivity index (χ0v) is 10.9. The minimum Gasteiger partial charge on any atom is -0.392 e. The second-order valence-corrected chi connectivity index (χ2v) is 4.42. The van der Waals surface area contributed by atoms with Crippen molar-refractivity contribution in [2.24, 2.45) is 0 Å². The molecule has 0 atom stereocenters. The Hall–Kier alpha value is -1.98. The molecule has 0 radical (unpaired) electrons. The van der Waals surface area contributed by atoms with Gasteiger partial charge in [0, 0.05) is 11.3 Å². The van der Waals surface area contributed by atoms with Crippen molar-refractivity contribution in [2.75, 3.05) is 5.32 Å². The number of para-hydroxylation sites is 1. The summed E-state index contributed by atoms with van der Waals surface area (Å²) in [5, 5.41) is 11.5. The number of aliphatic hydroxyl groups is 1. The molecule has 20 heavy (non-hydrogen) atoms. The summed E-state index contributed by atoms with van der Waals surface area (Å²) in [7, 11) is 0. The molecule has 2 rings (SSSR count). The standard InChI is InChI=1S/C14H10ClF2NO2/c15-10-6-12(17)11(16)5-9(10)14(20)18-13-4-2-1-3-8(13)7-19/h1-6,19H,7H2,(H,18,20). The van der Waals surface area contributed by atoms with Crippen molar-refractivity contribution < 1.29 is 18.7 Å². The van der Waals surface area contributed by atoms with Gasteiger partial charge in [-0.25, -0.2) is 8.78 Å². The summed E-state index contributed by atoms with van der Waals surface area (Å²) < 4.78 is 26.1. The van der Waals surface area contributed by atoms with Crippen LogP contribution in [0, 0.1) is 11.6 Å². The molecule has 2 aromatic carbocycles. The van der Waals surface area contributed by atoms with Gasteiger partial charge in [-0.05, 0) is 18.2 Å². The average molecular weight is 298 g/mol. The number of carbonyl (C=O) groups excluding carboxylic acids is 1. The summed E-state index contributed by atoms with van der Waals surface area (Å²) in [5.41, 5.74) is 0.693. The quantitative estimate of drug-likeness (QED) is 0.854. The maximum absolute atomic E-state index is 13.2. The number of hydrogen-bond donors (Lipinski definition) is 2. The largest absolute Gasteiger partial charge is 0.392 e. The molecule has 0 aliphatic rings. The molecule has 1 amide bonds. The number of aliphatic hydroxyl groups excluding tert-OH is 1. The van der Waals surface area contributed by atoms with Gasteiger partial charge in [0.15, 0.2) is 11.6 Å². The topological polar surface area (TPSA) is 49.3 Å². The Kier molecular flexibility index (Phi) is 4.32. The van der Waals surface area contributed by atoms with Gasteiger partial charge in [0.1, 0.15) is 0 Å². The van der Waals surface area contributed by atoms with Gasteiger partial charge in [-0.15, -0.1) is 0 Å². The van der Waals surface area contributed by atoms with Gasteiger partial charge in [-0.1, -0.05) is 29.8 Å². The van der Waals surface area contributed by atoms with E-state index in [9.17, 15) is 13.6 Å². The number of carbonyl (C=O) groups is 1. The molecule has 0 aliphatic heterocycles. The summed E-state index contributed by atoms with van der Waals surface area (Å²) >= 11 is 5.72. The number of amides is 1. The maximum Gasteiger partial charge on any atom is 0.257 e. The third-order valence-electron chi connectivity index (χ3n) is 2.69. The van der Waals surface area contributed by atoms with Crippen molar-refractivity contribution in [1.82, 2.24) is 0 Å². The Morgan fingerprint density at radius 1 is 1.20 bits per heavy atom. The van der Waals surface area contributed by atoms with Gasteiger partial charge in [-0.3, -0.25) is 4.79 Å². The van der Waals surface area contributed by atoms with E-state index in [1.807, 2.05) is 0 Å². The molecule has 2 N–H and O–H groups in total. The van der Waals surface area contributed by atoms with Crippen molar-refractivity contribution in [2.45, 2.75) is 6.61 Å². The molecule has 0 aliphatic carbocycles. The van der Waals surface area contributed by atoms with E-state index < -0.39 is 17.5 Å². The lowest BCUT2D eigenvalue weighted by Gasteiger charge is -2.10. The first-order valence-corrected chi connectivity index (χ1v) is 6.05. The van der Waals surface area contributed by atoms with E-state index in [0.29, 0.717) is 11.3 Å². The van der Waals surface area contributed by atoms with Crippen LogP contribution >= 0.6 is 11.6 Å². The minimum atomic E-state index is -1.16. The van der Waals surface area contributed by atoms with Crippen LogP contribution in [0.2, 0.25) is 5.02 Å². The van der Waals surface area contributed by atoms with Crippen molar-refractivity contribution >= 4 is 23.2 Å². The van der Waals surface area contributed by atoms with Gasteiger partial charge in [-0.2, -0.15) is 0 Å². The Morgan fingerprint density at radius 2 is 1.85 bits per heavy atom. The Morgan fingerprint density at radius 3 is 2.55 bits per heavy atom. The first-order chi connectivity index (χ1) is 9.52. The van der Waals surface area contributed by atoms with E-state index in [4.69, 9.17) is 16.7 Å². The predicted octanol–water partition coefficient (Wildman–Crippen LogP) is 3.36. The lowest BCUT2D eigenvalue weighted by Crippen LogP contribution is -2.14. The summed E-state index contributed by atoms with van der Waals surface area (Å²) in [5.74, 6) is -2.97. The van der Waals surface area contributed by atoms with Crippen LogP contribution in [-0.2, 0) is 6.61 Å². The Balaban J connectivity index is 2.31. The molecule has 0 aromatic heterocycles. The first-order valence-electron chi connectivity index (χ1n) is 5.67. The molecule has 0 heterocycles. The second-order valence-electron chi connectivity index (χ2n) is 4.02. The third kappa shape index (κ3) is 2.95. The Bertz CT molecular complexity index is 662. The van der Waals surface area contributed by atoms with E-state index in [-0.39, 0.29) is 17.2 Å². The molecule has 0 bridgehead atoms. The van der Waals surface area contributed by atoms with E-state index >= 15 is 0 Å². The third-order valence-corrected chi connectivity index (χ3v) is 3.00. The molecule has 6 heteroatoms. The predicted molar refractivity (Wildman–Crippen MR) is 71.7 cm³/mol. The molecule has 104 valence electrons. The van der Waals surface area contributed by atoms with E-state index in [2.05, 4.69) is 5.32 Å². The second kappa shape index (κ2) is 5.98. The summed E-state index contributed by atoms with van der Waals surface area (Å²) in [4.78, 5) is 12.0. The van der Waals surface area contributed by atoms with Gasteiger partial charge >= 0.3 is 0 Å². The van der Waals surface area contributed by atoms with Crippen molar-refractivity contribution in [3.8, 4) is 0 Å². The van der Waals surface area contributed by atoms with Gasteiger partial charge in [0.05, 0.1) is 17.2 Å².